The number of rotatable bonds is 6. The van der Waals surface area contributed by atoms with Gasteiger partial charge in [0.05, 0.1) is 38.4 Å². The summed E-state index contributed by atoms with van der Waals surface area (Å²) in [6, 6.07) is 7.17. The first-order valence-electron chi connectivity index (χ1n) is 9.28. The Hall–Kier alpha value is -2.70. The minimum Gasteiger partial charge on any atom is -0.497 e. The number of hydrogen-bond acceptors (Lipinski definition) is 5. The van der Waals surface area contributed by atoms with E-state index >= 15 is 0 Å². The van der Waals surface area contributed by atoms with Gasteiger partial charge in [-0.1, -0.05) is 23.3 Å². The zero-order valence-electron chi connectivity index (χ0n) is 16.7. The van der Waals surface area contributed by atoms with Crippen LogP contribution in [0.25, 0.3) is 10.4 Å². The lowest BCUT2D eigenvalue weighted by molar-refractivity contribution is 0.0396. The van der Waals surface area contributed by atoms with E-state index in [9.17, 15) is 4.79 Å². The molecular weight excluding hydrogens is 360 g/mol. The van der Waals surface area contributed by atoms with Gasteiger partial charge in [-0.15, -0.1) is 0 Å². The molecule has 1 aromatic rings. The van der Waals surface area contributed by atoms with Crippen LogP contribution < -0.4 is 4.74 Å². The number of carbonyl (C=O) groups is 1. The Morgan fingerprint density at radius 2 is 2.00 bits per heavy atom. The van der Waals surface area contributed by atoms with Crippen molar-refractivity contribution in [2.45, 2.75) is 57.5 Å². The van der Waals surface area contributed by atoms with E-state index in [1.54, 1.807) is 12.0 Å². The van der Waals surface area contributed by atoms with Crippen LogP contribution in [-0.2, 0) is 16.1 Å². The van der Waals surface area contributed by atoms with E-state index in [1.165, 1.54) is 0 Å². The van der Waals surface area contributed by atoms with Gasteiger partial charge in [0.2, 0.25) is 0 Å². The largest absolute Gasteiger partial charge is 0.497 e. The second kappa shape index (κ2) is 8.12. The predicted octanol–water partition coefficient (Wildman–Crippen LogP) is 4.21. The Labute approximate surface area is 164 Å². The molecule has 1 amide bonds. The highest BCUT2D eigenvalue weighted by Crippen LogP contribution is 2.42. The average Bonchev–Trinajstić information content (AvgIpc) is 3.36. The maximum absolute atomic E-state index is 12.4. The molecule has 1 aromatic carbocycles. The molecular formula is C20H26N4O4. The summed E-state index contributed by atoms with van der Waals surface area (Å²) in [4.78, 5) is 17.0. The monoisotopic (exact) mass is 386 g/mol. The topological polar surface area (TPSA) is 96.5 Å². The Morgan fingerprint density at radius 1 is 1.29 bits per heavy atom. The van der Waals surface area contributed by atoms with Crippen molar-refractivity contribution >= 4 is 6.09 Å². The van der Waals surface area contributed by atoms with Crippen LogP contribution in [0.15, 0.2) is 41.0 Å². The Kier molecular flexibility index (Phi) is 5.82. The van der Waals surface area contributed by atoms with E-state index in [4.69, 9.17) is 19.7 Å². The Balaban J connectivity index is 1.60. The van der Waals surface area contributed by atoms with Crippen molar-refractivity contribution in [3.05, 3.63) is 51.9 Å². The number of carbonyl (C=O) groups excluding carboxylic acids is 1. The van der Waals surface area contributed by atoms with Crippen LogP contribution in [0.3, 0.4) is 0 Å². The summed E-state index contributed by atoms with van der Waals surface area (Å²) in [7, 11) is 1.63. The fourth-order valence-electron chi connectivity index (χ4n) is 3.42. The molecule has 3 atom stereocenters. The molecule has 0 spiro atoms. The van der Waals surface area contributed by atoms with Gasteiger partial charge in [-0.05, 0) is 56.0 Å². The maximum atomic E-state index is 12.4. The van der Waals surface area contributed by atoms with E-state index in [2.05, 4.69) is 10.0 Å². The second-order valence-electron chi connectivity index (χ2n) is 8.01. The van der Waals surface area contributed by atoms with Gasteiger partial charge in [0.25, 0.3) is 0 Å². The summed E-state index contributed by atoms with van der Waals surface area (Å²) in [5.74, 6) is 0.804. The van der Waals surface area contributed by atoms with Gasteiger partial charge in [-0.3, -0.25) is 4.90 Å². The Bertz CT molecular complexity index is 793. The van der Waals surface area contributed by atoms with Gasteiger partial charge in [0.15, 0.2) is 0 Å². The van der Waals surface area contributed by atoms with Crippen LogP contribution in [0.1, 0.15) is 32.8 Å². The number of amides is 1. The van der Waals surface area contributed by atoms with Crippen molar-refractivity contribution in [1.29, 1.82) is 0 Å². The lowest BCUT2D eigenvalue weighted by Crippen LogP contribution is -2.29. The normalized spacial score (nSPS) is 23.2. The first-order chi connectivity index (χ1) is 13.3. The van der Waals surface area contributed by atoms with Gasteiger partial charge in [-0.25, -0.2) is 4.79 Å². The molecule has 0 saturated carbocycles. The van der Waals surface area contributed by atoms with Crippen LogP contribution in [0.4, 0.5) is 4.79 Å². The number of nitrogens with zero attached hydrogens (tertiary/aromatic N) is 4. The lowest BCUT2D eigenvalue weighted by Gasteiger charge is -2.20. The van der Waals surface area contributed by atoms with Crippen LogP contribution in [0, 0.1) is 0 Å². The summed E-state index contributed by atoms with van der Waals surface area (Å²) >= 11 is 0. The molecule has 2 aliphatic rings. The minimum absolute atomic E-state index is 0.0984. The molecule has 0 aromatic heterocycles. The second-order valence-corrected chi connectivity index (χ2v) is 8.01. The molecule has 1 aliphatic heterocycles. The average molecular weight is 386 g/mol. The van der Waals surface area contributed by atoms with E-state index in [0.717, 1.165) is 16.9 Å². The number of azide groups is 1. The molecule has 28 heavy (non-hydrogen) atoms. The summed E-state index contributed by atoms with van der Waals surface area (Å²) in [5, 5.41) is 3.89. The van der Waals surface area contributed by atoms with Gasteiger partial charge in [-0.2, -0.15) is 0 Å². The van der Waals surface area contributed by atoms with Gasteiger partial charge in [0.1, 0.15) is 11.4 Å². The molecule has 150 valence electrons. The van der Waals surface area contributed by atoms with Gasteiger partial charge in [0, 0.05) is 4.91 Å². The molecule has 0 bridgehead atoms. The van der Waals surface area contributed by atoms with Crippen LogP contribution in [-0.4, -0.2) is 48.4 Å². The van der Waals surface area contributed by atoms with E-state index in [-0.39, 0.29) is 24.2 Å². The van der Waals surface area contributed by atoms with Crippen LogP contribution in [0.5, 0.6) is 5.75 Å². The third-order valence-corrected chi connectivity index (χ3v) is 4.69. The predicted molar refractivity (Wildman–Crippen MR) is 104 cm³/mol. The summed E-state index contributed by atoms with van der Waals surface area (Å²) in [6.45, 7) is 6.39. The SMILES string of the molecule is COc1ccc(COCC2=C[C@H]3[C@@H]([C@@H](N=[N+]=[N-])C2)N3C(=O)OC(C)(C)C)cc1. The molecule has 1 aliphatic carbocycles. The number of methoxy groups -OCH3 is 1. The fourth-order valence-corrected chi connectivity index (χ4v) is 3.42. The molecule has 1 heterocycles. The van der Waals surface area contributed by atoms with E-state index in [0.29, 0.717) is 19.6 Å². The number of benzene rings is 1. The smallest absolute Gasteiger partial charge is 0.411 e. The highest BCUT2D eigenvalue weighted by Gasteiger charge is 2.57. The first kappa shape index (κ1) is 20.0. The summed E-state index contributed by atoms with van der Waals surface area (Å²) in [5.41, 5.74) is 10.4. The number of hydrogen-bond donors (Lipinski definition) is 0. The van der Waals surface area contributed by atoms with Crippen LogP contribution >= 0.6 is 0 Å². The molecule has 1 fully saturated rings. The quantitative estimate of drug-likeness (QED) is 0.240. The van der Waals surface area contributed by atoms with Gasteiger partial charge >= 0.3 is 6.09 Å². The first-order valence-corrected chi connectivity index (χ1v) is 9.28. The van der Waals surface area contributed by atoms with E-state index < -0.39 is 5.60 Å². The van der Waals surface area contributed by atoms with Crippen molar-refractivity contribution < 1.29 is 19.0 Å². The third kappa shape index (κ3) is 4.77. The van der Waals surface area contributed by atoms with Crippen molar-refractivity contribution in [3.8, 4) is 5.75 Å². The lowest BCUT2D eigenvalue weighted by atomic mass is 9.96. The molecule has 0 radical (unpaired) electrons. The van der Waals surface area contributed by atoms with E-state index in [1.807, 2.05) is 51.1 Å². The highest BCUT2D eigenvalue weighted by molar-refractivity contribution is 5.74. The maximum Gasteiger partial charge on any atom is 0.411 e. The minimum atomic E-state index is -0.565. The highest BCUT2D eigenvalue weighted by atomic mass is 16.6. The molecule has 3 rings (SSSR count). The molecule has 8 heteroatoms. The van der Waals surface area contributed by atoms with Crippen molar-refractivity contribution in [1.82, 2.24) is 4.90 Å². The van der Waals surface area contributed by atoms with Crippen molar-refractivity contribution in [3.63, 3.8) is 0 Å². The number of ether oxygens (including phenoxy) is 3. The standard InChI is InChI=1S/C20H26N4O4/c1-20(2,3)28-19(25)24-17-10-14(9-16(18(17)24)22-23-21)12-27-11-13-5-7-15(26-4)8-6-13/h5-8,10,16-18H,9,11-12H2,1-4H3/t16-,17-,18+,24?/m0/s1. The zero-order chi connectivity index (χ0) is 20.3. The Morgan fingerprint density at radius 3 is 2.61 bits per heavy atom. The third-order valence-electron chi connectivity index (χ3n) is 4.69. The van der Waals surface area contributed by atoms with Gasteiger partial charge < -0.3 is 14.2 Å². The van der Waals surface area contributed by atoms with Crippen molar-refractivity contribution in [2.24, 2.45) is 5.11 Å². The molecule has 8 nitrogen and oxygen atoms in total. The van der Waals surface area contributed by atoms with Crippen LogP contribution in [0.2, 0.25) is 0 Å². The number of fused-ring (bicyclic) bond motifs is 1. The summed E-state index contributed by atoms with van der Waals surface area (Å²) < 4.78 is 16.4. The molecule has 1 saturated heterocycles. The molecule has 0 unspecified atom stereocenters. The summed E-state index contributed by atoms with van der Waals surface area (Å²) in [6.07, 6.45) is 2.23. The fraction of sp³-hybridized carbons (Fsp3) is 0.550. The van der Waals surface area contributed by atoms with Crippen molar-refractivity contribution in [2.75, 3.05) is 13.7 Å². The molecule has 0 N–H and O–H groups in total. The zero-order valence-corrected chi connectivity index (χ0v) is 16.7.